The van der Waals surface area contributed by atoms with Gasteiger partial charge in [0.1, 0.15) is 11.4 Å². The second-order valence-corrected chi connectivity index (χ2v) is 5.63. The number of anilines is 2. The van der Waals surface area contributed by atoms with Gasteiger partial charge in [-0.15, -0.1) is 0 Å². The van der Waals surface area contributed by atoms with Gasteiger partial charge in [0.2, 0.25) is 0 Å². The summed E-state index contributed by atoms with van der Waals surface area (Å²) in [7, 11) is 0. The summed E-state index contributed by atoms with van der Waals surface area (Å²) in [6.45, 7) is 0. The fraction of sp³-hybridized carbons (Fsp3) is 0. The van der Waals surface area contributed by atoms with Crippen molar-refractivity contribution in [3.63, 3.8) is 0 Å². The summed E-state index contributed by atoms with van der Waals surface area (Å²) in [4.78, 5) is 27.7. The van der Waals surface area contributed by atoms with Crippen molar-refractivity contribution in [2.75, 3.05) is 5.32 Å². The molecule has 5 nitrogen and oxygen atoms in total. The molecule has 2 N–H and O–H groups in total. The quantitative estimate of drug-likeness (QED) is 0.665. The van der Waals surface area contributed by atoms with Gasteiger partial charge in [0, 0.05) is 17.3 Å². The summed E-state index contributed by atoms with van der Waals surface area (Å²) < 4.78 is 0. The predicted molar refractivity (Wildman–Crippen MR) is 95.8 cm³/mol. The van der Waals surface area contributed by atoms with Crippen LogP contribution in [0.5, 0.6) is 0 Å². The Morgan fingerprint density at radius 2 is 1.72 bits per heavy atom. The lowest BCUT2D eigenvalue weighted by Gasteiger charge is -2.11. The number of hydrogen-bond donors (Lipinski definition) is 2. The lowest BCUT2D eigenvalue weighted by Crippen LogP contribution is -2.05. The van der Waals surface area contributed by atoms with Gasteiger partial charge >= 0.3 is 5.97 Å². The molecule has 25 heavy (non-hydrogen) atoms. The van der Waals surface area contributed by atoms with E-state index in [-0.39, 0.29) is 17.2 Å². The fourth-order valence-electron chi connectivity index (χ4n) is 2.32. The Kier molecular flexibility index (Phi) is 4.77. The number of carbonyl (C=O) groups excluding carboxylic acids is 1. The van der Waals surface area contributed by atoms with Gasteiger partial charge in [-0.25, -0.2) is 9.78 Å². The molecule has 0 saturated carbocycles. The average molecular weight is 353 g/mol. The van der Waals surface area contributed by atoms with E-state index >= 15 is 0 Å². The molecular formula is C19H13ClN2O3. The summed E-state index contributed by atoms with van der Waals surface area (Å²) >= 11 is 6.25. The van der Waals surface area contributed by atoms with Crippen LogP contribution in [0.4, 0.5) is 11.5 Å². The third-order valence-electron chi connectivity index (χ3n) is 3.56. The second-order valence-electron chi connectivity index (χ2n) is 5.22. The van der Waals surface area contributed by atoms with E-state index < -0.39 is 5.97 Å². The molecule has 0 aliphatic carbocycles. The summed E-state index contributed by atoms with van der Waals surface area (Å²) in [5, 5.41) is 12.4. The summed E-state index contributed by atoms with van der Waals surface area (Å²) in [5.74, 6) is -1.06. The number of pyridine rings is 1. The summed E-state index contributed by atoms with van der Waals surface area (Å²) in [6, 6.07) is 16.7. The van der Waals surface area contributed by atoms with Crippen LogP contribution in [0.15, 0.2) is 66.9 Å². The van der Waals surface area contributed by atoms with Gasteiger partial charge in [-0.3, -0.25) is 4.79 Å². The molecule has 0 atom stereocenters. The molecule has 0 aliphatic rings. The fourth-order valence-corrected chi connectivity index (χ4v) is 2.55. The van der Waals surface area contributed by atoms with Gasteiger partial charge in [-0.1, -0.05) is 41.9 Å². The smallest absolute Gasteiger partial charge is 0.339 e. The molecule has 0 amide bonds. The normalized spacial score (nSPS) is 10.3. The lowest BCUT2D eigenvalue weighted by atomic mass is 10.0. The van der Waals surface area contributed by atoms with Crippen molar-refractivity contribution in [1.29, 1.82) is 0 Å². The van der Waals surface area contributed by atoms with Crippen LogP contribution in [-0.4, -0.2) is 21.8 Å². The molecule has 0 saturated heterocycles. The Morgan fingerprint density at radius 1 is 0.960 bits per heavy atom. The molecule has 0 fully saturated rings. The zero-order chi connectivity index (χ0) is 17.8. The van der Waals surface area contributed by atoms with Gasteiger partial charge in [0.15, 0.2) is 5.78 Å². The van der Waals surface area contributed by atoms with Gasteiger partial charge in [-0.2, -0.15) is 0 Å². The van der Waals surface area contributed by atoms with Crippen LogP contribution in [0, 0.1) is 0 Å². The molecule has 124 valence electrons. The van der Waals surface area contributed by atoms with Crippen molar-refractivity contribution >= 4 is 34.9 Å². The molecule has 0 aliphatic heterocycles. The first-order chi connectivity index (χ1) is 12.1. The highest BCUT2D eigenvalue weighted by Crippen LogP contribution is 2.28. The Labute approximate surface area is 148 Å². The standard InChI is InChI=1S/C19H13ClN2O3/c20-15-11-13(17(23)12-5-2-1-3-6-12)8-9-16(15)22-18-14(19(24)25)7-4-10-21-18/h1-11H,(H,21,22)(H,24,25). The lowest BCUT2D eigenvalue weighted by molar-refractivity contribution is 0.0697. The van der Waals surface area contributed by atoms with E-state index in [0.717, 1.165) is 0 Å². The van der Waals surface area contributed by atoms with Crippen LogP contribution in [0.1, 0.15) is 26.3 Å². The molecule has 3 aromatic rings. The molecule has 2 aromatic carbocycles. The van der Waals surface area contributed by atoms with Gasteiger partial charge < -0.3 is 10.4 Å². The second kappa shape index (κ2) is 7.15. The molecule has 1 heterocycles. The number of rotatable bonds is 5. The summed E-state index contributed by atoms with van der Waals surface area (Å²) in [5.41, 5.74) is 1.51. The van der Waals surface area contributed by atoms with Crippen molar-refractivity contribution in [3.05, 3.63) is 88.6 Å². The number of halogens is 1. The molecule has 6 heteroatoms. The minimum Gasteiger partial charge on any atom is -0.478 e. The summed E-state index contributed by atoms with van der Waals surface area (Å²) in [6.07, 6.45) is 1.48. The third kappa shape index (κ3) is 3.67. The Balaban J connectivity index is 1.89. The number of carboxylic acids is 1. The largest absolute Gasteiger partial charge is 0.478 e. The van der Waals surface area contributed by atoms with Crippen molar-refractivity contribution < 1.29 is 14.7 Å². The molecule has 0 bridgehead atoms. The van der Waals surface area contributed by atoms with Gasteiger partial charge in [0.25, 0.3) is 0 Å². The number of aromatic nitrogens is 1. The van der Waals surface area contributed by atoms with Gasteiger partial charge in [0.05, 0.1) is 10.7 Å². The minimum atomic E-state index is -1.09. The Bertz CT molecular complexity index is 942. The van der Waals surface area contributed by atoms with E-state index in [0.29, 0.717) is 21.8 Å². The number of carboxylic acid groups (broad SMARTS) is 1. The van der Waals surface area contributed by atoms with E-state index in [1.54, 1.807) is 42.5 Å². The molecule has 3 rings (SSSR count). The van der Waals surface area contributed by atoms with Crippen LogP contribution < -0.4 is 5.32 Å². The van der Waals surface area contributed by atoms with Crippen molar-refractivity contribution in [2.24, 2.45) is 0 Å². The highest BCUT2D eigenvalue weighted by Gasteiger charge is 2.14. The van der Waals surface area contributed by atoms with Crippen molar-refractivity contribution in [1.82, 2.24) is 4.98 Å². The maximum absolute atomic E-state index is 12.4. The first-order valence-electron chi connectivity index (χ1n) is 7.41. The number of benzene rings is 2. The number of ketones is 1. The average Bonchev–Trinajstić information content (AvgIpc) is 2.64. The molecule has 0 unspecified atom stereocenters. The number of aromatic carboxylic acids is 1. The molecular weight excluding hydrogens is 340 g/mol. The Hall–Kier alpha value is -3.18. The number of hydrogen-bond acceptors (Lipinski definition) is 4. The predicted octanol–water partition coefficient (Wildman–Crippen LogP) is 4.41. The zero-order valence-electron chi connectivity index (χ0n) is 12.9. The molecule has 0 spiro atoms. The first-order valence-corrected chi connectivity index (χ1v) is 7.78. The number of nitrogens with zero attached hydrogens (tertiary/aromatic N) is 1. The molecule has 0 radical (unpaired) electrons. The SMILES string of the molecule is O=C(c1ccccc1)c1ccc(Nc2ncccc2C(=O)O)c(Cl)c1. The van der Waals surface area contributed by atoms with E-state index in [4.69, 9.17) is 11.6 Å². The van der Waals surface area contributed by atoms with Crippen LogP contribution in [0.3, 0.4) is 0 Å². The van der Waals surface area contributed by atoms with E-state index in [1.807, 2.05) is 6.07 Å². The van der Waals surface area contributed by atoms with E-state index in [1.165, 1.54) is 18.3 Å². The van der Waals surface area contributed by atoms with Crippen LogP contribution in [0.25, 0.3) is 0 Å². The number of carbonyl (C=O) groups is 2. The highest BCUT2D eigenvalue weighted by molar-refractivity contribution is 6.34. The zero-order valence-corrected chi connectivity index (χ0v) is 13.7. The third-order valence-corrected chi connectivity index (χ3v) is 3.87. The number of nitrogens with one attached hydrogen (secondary N) is 1. The van der Waals surface area contributed by atoms with Crippen molar-refractivity contribution in [3.8, 4) is 0 Å². The maximum Gasteiger partial charge on any atom is 0.339 e. The van der Waals surface area contributed by atoms with Crippen molar-refractivity contribution in [2.45, 2.75) is 0 Å². The van der Waals surface area contributed by atoms with Crippen LogP contribution >= 0.6 is 11.6 Å². The maximum atomic E-state index is 12.4. The van der Waals surface area contributed by atoms with E-state index in [9.17, 15) is 14.7 Å². The molecule has 1 aromatic heterocycles. The van der Waals surface area contributed by atoms with E-state index in [2.05, 4.69) is 10.3 Å². The van der Waals surface area contributed by atoms with Gasteiger partial charge in [-0.05, 0) is 30.3 Å². The Morgan fingerprint density at radius 3 is 2.40 bits per heavy atom. The van der Waals surface area contributed by atoms with Crippen LogP contribution in [0.2, 0.25) is 5.02 Å². The highest BCUT2D eigenvalue weighted by atomic mass is 35.5. The first kappa shape index (κ1) is 16.7. The topological polar surface area (TPSA) is 79.3 Å². The van der Waals surface area contributed by atoms with Crippen LogP contribution in [-0.2, 0) is 0 Å². The minimum absolute atomic E-state index is 0.0306. The monoisotopic (exact) mass is 352 g/mol.